The highest BCUT2D eigenvalue weighted by Crippen LogP contribution is 2.24. The molecule has 0 spiro atoms. The lowest BCUT2D eigenvalue weighted by molar-refractivity contribution is 0.422. The summed E-state index contributed by atoms with van der Waals surface area (Å²) in [4.78, 5) is 0. The zero-order chi connectivity index (χ0) is 9.97. The number of hydrogen-bond donors (Lipinski definition) is 0. The lowest BCUT2D eigenvalue weighted by atomic mass is 10.0. The Labute approximate surface area is 82.9 Å². The van der Waals surface area contributed by atoms with Crippen LogP contribution < -0.4 is 0 Å². The molecule has 0 radical (unpaired) electrons. The van der Waals surface area contributed by atoms with Gasteiger partial charge in [0.15, 0.2) is 0 Å². The second kappa shape index (κ2) is 3.50. The van der Waals surface area contributed by atoms with Crippen LogP contribution in [0.15, 0.2) is 41.6 Å². The highest BCUT2D eigenvalue weighted by atomic mass is 16.5. The Morgan fingerprint density at radius 3 is 2.86 bits per heavy atom. The average molecular weight is 185 g/mol. The molecule has 0 saturated heterocycles. The zero-order valence-electron chi connectivity index (χ0n) is 8.03. The molecule has 0 aliphatic rings. The molecule has 2 heteroatoms. The van der Waals surface area contributed by atoms with Gasteiger partial charge in [-0.1, -0.05) is 35.5 Å². The van der Waals surface area contributed by atoms with Crippen LogP contribution in [0.2, 0.25) is 0 Å². The van der Waals surface area contributed by atoms with Gasteiger partial charge >= 0.3 is 0 Å². The van der Waals surface area contributed by atoms with E-state index in [-0.39, 0.29) is 0 Å². The summed E-state index contributed by atoms with van der Waals surface area (Å²) in [7, 11) is 0. The molecule has 0 unspecified atom stereocenters. The molecule has 0 amide bonds. The predicted molar refractivity (Wildman–Crippen MR) is 56.8 cm³/mol. The summed E-state index contributed by atoms with van der Waals surface area (Å²) in [6, 6.07) is 8.02. The third-order valence-electron chi connectivity index (χ3n) is 2.14. The smallest absolute Gasteiger partial charge is 0.124 e. The number of nitrogens with zero attached hydrogens (tertiary/aromatic N) is 1. The summed E-state index contributed by atoms with van der Waals surface area (Å²) in [5, 5.41) is 3.91. The third kappa shape index (κ3) is 1.46. The van der Waals surface area contributed by atoms with Crippen LogP contribution in [0.3, 0.4) is 0 Å². The van der Waals surface area contributed by atoms with Gasteiger partial charge < -0.3 is 4.52 Å². The Hall–Kier alpha value is -1.83. The van der Waals surface area contributed by atoms with Crippen molar-refractivity contribution in [3.63, 3.8) is 0 Å². The van der Waals surface area contributed by atoms with E-state index < -0.39 is 0 Å². The molecule has 1 heterocycles. The molecule has 70 valence electrons. The first-order valence-electron chi connectivity index (χ1n) is 4.45. The molecule has 2 nitrogen and oxygen atoms in total. The first kappa shape index (κ1) is 8.75. The Morgan fingerprint density at radius 1 is 1.36 bits per heavy atom. The number of aromatic nitrogens is 1. The molecule has 1 aromatic carbocycles. The number of benzene rings is 1. The quantitative estimate of drug-likeness (QED) is 0.717. The predicted octanol–water partition coefficient (Wildman–Crippen LogP) is 3.29. The van der Waals surface area contributed by atoms with Gasteiger partial charge in [-0.15, -0.1) is 0 Å². The Morgan fingerprint density at radius 2 is 2.21 bits per heavy atom. The monoisotopic (exact) mass is 185 g/mol. The molecular weight excluding hydrogens is 174 g/mol. The van der Waals surface area contributed by atoms with Gasteiger partial charge in [0, 0.05) is 11.6 Å². The number of aryl methyl sites for hydroxylation is 1. The summed E-state index contributed by atoms with van der Waals surface area (Å²) < 4.78 is 4.82. The van der Waals surface area contributed by atoms with Crippen LogP contribution >= 0.6 is 0 Å². The Balaban J connectivity index is 2.61. The van der Waals surface area contributed by atoms with Gasteiger partial charge in [0.05, 0.1) is 0 Å². The number of hydrogen-bond acceptors (Lipinski definition) is 2. The standard InChI is InChI=1S/C12H11NO/c1-3-10-5-4-9(2)8-11(10)12-6-7-14-13-12/h3-8H,1H2,2H3. The molecule has 14 heavy (non-hydrogen) atoms. The summed E-state index contributed by atoms with van der Waals surface area (Å²) in [5.41, 5.74) is 4.19. The summed E-state index contributed by atoms with van der Waals surface area (Å²) >= 11 is 0. The SMILES string of the molecule is C=Cc1ccc(C)cc1-c1ccon1. The van der Waals surface area contributed by atoms with Crippen molar-refractivity contribution in [1.82, 2.24) is 5.16 Å². The summed E-state index contributed by atoms with van der Waals surface area (Å²) in [5.74, 6) is 0. The fraction of sp³-hybridized carbons (Fsp3) is 0.0833. The van der Waals surface area contributed by atoms with Crippen molar-refractivity contribution in [3.8, 4) is 11.3 Å². The summed E-state index contributed by atoms with van der Waals surface area (Å²) in [6.07, 6.45) is 3.40. The van der Waals surface area contributed by atoms with E-state index in [1.807, 2.05) is 18.2 Å². The van der Waals surface area contributed by atoms with Gasteiger partial charge in [-0.25, -0.2) is 0 Å². The van der Waals surface area contributed by atoms with Gasteiger partial charge in [-0.2, -0.15) is 0 Å². The van der Waals surface area contributed by atoms with Crippen molar-refractivity contribution in [2.75, 3.05) is 0 Å². The van der Waals surface area contributed by atoms with E-state index in [9.17, 15) is 0 Å². The zero-order valence-corrected chi connectivity index (χ0v) is 8.03. The van der Waals surface area contributed by atoms with E-state index in [1.165, 1.54) is 5.56 Å². The van der Waals surface area contributed by atoms with Gasteiger partial charge in [-0.05, 0) is 18.6 Å². The number of rotatable bonds is 2. The molecule has 0 atom stereocenters. The van der Waals surface area contributed by atoms with Crippen LogP contribution in [-0.2, 0) is 0 Å². The summed E-state index contributed by atoms with van der Waals surface area (Å²) in [6.45, 7) is 5.82. The van der Waals surface area contributed by atoms with E-state index in [2.05, 4.69) is 30.8 Å². The molecular formula is C12H11NO. The normalized spacial score (nSPS) is 10.1. The largest absolute Gasteiger partial charge is 0.364 e. The van der Waals surface area contributed by atoms with Crippen LogP contribution in [-0.4, -0.2) is 5.16 Å². The van der Waals surface area contributed by atoms with E-state index in [0.29, 0.717) is 0 Å². The van der Waals surface area contributed by atoms with Crippen molar-refractivity contribution in [2.24, 2.45) is 0 Å². The van der Waals surface area contributed by atoms with Crippen LogP contribution in [0.25, 0.3) is 17.3 Å². The molecule has 2 aromatic rings. The van der Waals surface area contributed by atoms with Gasteiger partial charge in [0.25, 0.3) is 0 Å². The first-order valence-corrected chi connectivity index (χ1v) is 4.45. The maximum absolute atomic E-state index is 4.82. The minimum Gasteiger partial charge on any atom is -0.364 e. The van der Waals surface area contributed by atoms with Gasteiger partial charge in [0.2, 0.25) is 0 Å². The van der Waals surface area contributed by atoms with Gasteiger partial charge in [-0.3, -0.25) is 0 Å². The van der Waals surface area contributed by atoms with Crippen LogP contribution in [0.1, 0.15) is 11.1 Å². The molecule has 0 fully saturated rings. The van der Waals surface area contributed by atoms with E-state index in [1.54, 1.807) is 6.26 Å². The Kier molecular flexibility index (Phi) is 2.19. The maximum Gasteiger partial charge on any atom is 0.124 e. The van der Waals surface area contributed by atoms with Crippen molar-refractivity contribution in [2.45, 2.75) is 6.92 Å². The molecule has 2 rings (SSSR count). The van der Waals surface area contributed by atoms with Crippen LogP contribution in [0, 0.1) is 6.92 Å². The van der Waals surface area contributed by atoms with Crippen molar-refractivity contribution in [3.05, 3.63) is 48.2 Å². The molecule has 0 aliphatic carbocycles. The van der Waals surface area contributed by atoms with E-state index in [0.717, 1.165) is 16.8 Å². The molecule has 0 saturated carbocycles. The maximum atomic E-state index is 4.82. The topological polar surface area (TPSA) is 26.0 Å². The van der Waals surface area contributed by atoms with E-state index >= 15 is 0 Å². The van der Waals surface area contributed by atoms with Gasteiger partial charge in [0.1, 0.15) is 12.0 Å². The fourth-order valence-corrected chi connectivity index (χ4v) is 1.42. The highest BCUT2D eigenvalue weighted by Gasteiger charge is 2.05. The second-order valence-corrected chi connectivity index (χ2v) is 3.18. The second-order valence-electron chi connectivity index (χ2n) is 3.18. The molecule has 1 aromatic heterocycles. The first-order chi connectivity index (χ1) is 6.81. The van der Waals surface area contributed by atoms with E-state index in [4.69, 9.17) is 4.52 Å². The third-order valence-corrected chi connectivity index (χ3v) is 2.14. The molecule has 0 N–H and O–H groups in total. The van der Waals surface area contributed by atoms with Crippen LogP contribution in [0.4, 0.5) is 0 Å². The Bertz CT molecular complexity index is 443. The lowest BCUT2D eigenvalue weighted by Gasteiger charge is -2.03. The highest BCUT2D eigenvalue weighted by molar-refractivity contribution is 5.72. The van der Waals surface area contributed by atoms with Crippen molar-refractivity contribution < 1.29 is 4.52 Å². The van der Waals surface area contributed by atoms with Crippen molar-refractivity contribution in [1.29, 1.82) is 0 Å². The fourth-order valence-electron chi connectivity index (χ4n) is 1.42. The molecule has 0 aliphatic heterocycles. The lowest BCUT2D eigenvalue weighted by Crippen LogP contribution is -1.84. The van der Waals surface area contributed by atoms with Crippen molar-refractivity contribution >= 4 is 6.08 Å². The average Bonchev–Trinajstić information content (AvgIpc) is 2.70. The minimum atomic E-state index is 0.851. The van der Waals surface area contributed by atoms with Crippen LogP contribution in [0.5, 0.6) is 0 Å². The molecule has 0 bridgehead atoms. The minimum absolute atomic E-state index is 0.851.